The fourth-order valence-corrected chi connectivity index (χ4v) is 4.78. The van der Waals surface area contributed by atoms with Crippen LogP contribution in [-0.2, 0) is 19.6 Å². The highest BCUT2D eigenvalue weighted by Crippen LogP contribution is 2.42. The van der Waals surface area contributed by atoms with E-state index in [0.717, 1.165) is 23.9 Å². The van der Waals surface area contributed by atoms with E-state index in [1.807, 2.05) is 26.9 Å². The monoisotopic (exact) mass is 321 g/mol. The number of fused-ring (bicyclic) bond motifs is 1. The molecule has 1 aliphatic heterocycles. The molecular formula is C15H21N4S2+. The first kappa shape index (κ1) is 13.7. The van der Waals surface area contributed by atoms with Crippen LogP contribution in [0.3, 0.4) is 0 Å². The Morgan fingerprint density at radius 1 is 1.48 bits per heavy atom. The normalized spacial score (nSPS) is 25.0. The average Bonchev–Trinajstić information content (AvgIpc) is 3.11. The van der Waals surface area contributed by atoms with E-state index in [-0.39, 0.29) is 0 Å². The molecule has 0 radical (unpaired) electrons. The van der Waals surface area contributed by atoms with Gasteiger partial charge in [-0.25, -0.2) is 0 Å². The second kappa shape index (κ2) is 5.34. The molecule has 0 aromatic carbocycles. The number of thiophene rings is 1. The summed E-state index contributed by atoms with van der Waals surface area (Å²) in [4.78, 5) is 3.25. The molecule has 2 aromatic rings. The summed E-state index contributed by atoms with van der Waals surface area (Å²) in [6, 6.07) is 3.01. The van der Waals surface area contributed by atoms with Crippen molar-refractivity contribution in [3.8, 4) is 0 Å². The molecule has 2 atom stereocenters. The van der Waals surface area contributed by atoms with Crippen molar-refractivity contribution in [1.82, 2.24) is 14.3 Å². The number of rotatable bonds is 4. The van der Waals surface area contributed by atoms with E-state index in [1.54, 1.807) is 15.3 Å². The minimum atomic E-state index is 0.661. The fraction of sp³-hybridized carbons (Fsp3) is 0.600. The molecule has 1 fully saturated rings. The largest absolute Gasteiger partial charge is 0.310 e. The summed E-state index contributed by atoms with van der Waals surface area (Å²) in [5, 5.41) is 6.76. The smallest absolute Gasteiger partial charge is 0.202 e. The quantitative estimate of drug-likeness (QED) is 0.873. The molecule has 21 heavy (non-hydrogen) atoms. The molecule has 0 saturated heterocycles. The molecule has 4 rings (SSSR count). The van der Waals surface area contributed by atoms with E-state index < -0.39 is 0 Å². The molecule has 0 amide bonds. The predicted molar refractivity (Wildman–Crippen MR) is 86.0 cm³/mol. The number of nitrogens with zero attached hydrogens (tertiary/aromatic N) is 3. The van der Waals surface area contributed by atoms with Crippen LogP contribution in [0.25, 0.3) is 0 Å². The Hall–Kier alpha value is -0.980. The van der Waals surface area contributed by atoms with Crippen LogP contribution >= 0.6 is 23.6 Å². The van der Waals surface area contributed by atoms with Gasteiger partial charge in [0, 0.05) is 29.3 Å². The lowest BCUT2D eigenvalue weighted by molar-refractivity contribution is -0.958. The minimum absolute atomic E-state index is 0.661. The van der Waals surface area contributed by atoms with E-state index in [2.05, 4.69) is 23.5 Å². The van der Waals surface area contributed by atoms with Crippen LogP contribution < -0.4 is 4.90 Å². The van der Waals surface area contributed by atoms with Crippen molar-refractivity contribution < 1.29 is 4.90 Å². The van der Waals surface area contributed by atoms with Gasteiger partial charge in [0.15, 0.2) is 6.67 Å². The van der Waals surface area contributed by atoms with Crippen molar-refractivity contribution in [2.75, 3.05) is 6.54 Å². The molecular weight excluding hydrogens is 300 g/mol. The fourth-order valence-electron chi connectivity index (χ4n) is 3.56. The molecule has 0 bridgehead atoms. The molecule has 0 spiro atoms. The van der Waals surface area contributed by atoms with Gasteiger partial charge in [0.2, 0.25) is 4.77 Å². The Morgan fingerprint density at radius 2 is 2.33 bits per heavy atom. The van der Waals surface area contributed by atoms with Gasteiger partial charge in [-0.05, 0) is 43.4 Å². The maximum atomic E-state index is 5.53. The number of aromatic nitrogens is 3. The Kier molecular flexibility index (Phi) is 3.47. The molecule has 1 unspecified atom stereocenters. The van der Waals surface area contributed by atoms with Gasteiger partial charge in [0.25, 0.3) is 0 Å². The van der Waals surface area contributed by atoms with E-state index in [1.165, 1.54) is 25.8 Å². The first-order valence-electron chi connectivity index (χ1n) is 7.81. The van der Waals surface area contributed by atoms with Gasteiger partial charge in [-0.1, -0.05) is 0 Å². The van der Waals surface area contributed by atoms with Gasteiger partial charge < -0.3 is 9.47 Å². The molecule has 2 aromatic heterocycles. The van der Waals surface area contributed by atoms with Gasteiger partial charge in [0.1, 0.15) is 12.4 Å². The topological polar surface area (TPSA) is 27.2 Å². The standard InChI is InChI=1S/C15H20N4S2/c1-2-17-9-16-19(15(17)20)10-18-7-5-13-12(6-8-21-13)14(18)11-3-4-11/h6,8-9,11,14H,2-5,7,10H2,1H3/p+1/t14-/m0/s1. The van der Waals surface area contributed by atoms with Crippen LogP contribution in [0.5, 0.6) is 0 Å². The maximum absolute atomic E-state index is 5.53. The number of aryl methyl sites for hydroxylation is 1. The van der Waals surface area contributed by atoms with Gasteiger partial charge >= 0.3 is 0 Å². The van der Waals surface area contributed by atoms with E-state index in [0.29, 0.717) is 6.04 Å². The van der Waals surface area contributed by atoms with Crippen LogP contribution in [-0.4, -0.2) is 20.9 Å². The average molecular weight is 321 g/mol. The lowest BCUT2D eigenvalue weighted by Gasteiger charge is -2.32. The zero-order valence-corrected chi connectivity index (χ0v) is 13.9. The van der Waals surface area contributed by atoms with Crippen molar-refractivity contribution in [1.29, 1.82) is 0 Å². The number of hydrogen-bond acceptors (Lipinski definition) is 3. The molecule has 1 aliphatic carbocycles. The summed E-state index contributed by atoms with van der Waals surface area (Å²) in [5.74, 6) is 0.871. The van der Waals surface area contributed by atoms with Gasteiger partial charge in [0.05, 0.1) is 6.54 Å². The van der Waals surface area contributed by atoms with Crippen molar-refractivity contribution in [3.63, 3.8) is 0 Å². The molecule has 1 saturated carbocycles. The molecule has 1 N–H and O–H groups in total. The first-order chi connectivity index (χ1) is 10.3. The number of nitrogens with one attached hydrogen (secondary N) is 1. The zero-order chi connectivity index (χ0) is 14.4. The van der Waals surface area contributed by atoms with Gasteiger partial charge in [-0.3, -0.25) is 0 Å². The Morgan fingerprint density at radius 3 is 3.05 bits per heavy atom. The lowest BCUT2D eigenvalue weighted by Crippen LogP contribution is -3.13. The third-order valence-corrected chi connectivity index (χ3v) is 6.25. The van der Waals surface area contributed by atoms with Crippen LogP contribution in [0.1, 0.15) is 36.2 Å². The zero-order valence-electron chi connectivity index (χ0n) is 12.3. The highest BCUT2D eigenvalue weighted by atomic mass is 32.1. The predicted octanol–water partition coefficient (Wildman–Crippen LogP) is 2.05. The first-order valence-corrected chi connectivity index (χ1v) is 9.09. The summed E-state index contributed by atoms with van der Waals surface area (Å²) < 4.78 is 4.91. The summed E-state index contributed by atoms with van der Waals surface area (Å²) in [6.45, 7) is 5.12. The highest BCUT2D eigenvalue weighted by molar-refractivity contribution is 7.71. The summed E-state index contributed by atoms with van der Waals surface area (Å²) in [5.41, 5.74) is 1.60. The van der Waals surface area contributed by atoms with E-state index in [4.69, 9.17) is 12.2 Å². The molecule has 112 valence electrons. The summed E-state index contributed by atoms with van der Waals surface area (Å²) >= 11 is 7.46. The Labute approximate surface area is 134 Å². The van der Waals surface area contributed by atoms with Crippen molar-refractivity contribution in [3.05, 3.63) is 33.0 Å². The van der Waals surface area contributed by atoms with Crippen LogP contribution in [0.15, 0.2) is 17.8 Å². The molecule has 3 heterocycles. The number of quaternary nitrogens is 1. The second-order valence-corrected chi connectivity index (χ2v) is 7.50. The van der Waals surface area contributed by atoms with Crippen molar-refractivity contribution >= 4 is 23.6 Å². The van der Waals surface area contributed by atoms with E-state index in [9.17, 15) is 0 Å². The lowest BCUT2D eigenvalue weighted by atomic mass is 9.96. The van der Waals surface area contributed by atoms with Crippen LogP contribution in [0.2, 0.25) is 0 Å². The third kappa shape index (κ3) is 2.39. The van der Waals surface area contributed by atoms with Gasteiger partial charge in [-0.15, -0.1) is 11.3 Å². The minimum Gasteiger partial charge on any atom is -0.310 e. The highest BCUT2D eigenvalue weighted by Gasteiger charge is 2.43. The van der Waals surface area contributed by atoms with Crippen molar-refractivity contribution in [2.45, 2.75) is 45.4 Å². The molecule has 2 aliphatic rings. The maximum Gasteiger partial charge on any atom is 0.202 e. The molecule has 4 nitrogen and oxygen atoms in total. The van der Waals surface area contributed by atoms with E-state index >= 15 is 0 Å². The summed E-state index contributed by atoms with van der Waals surface area (Å²) in [7, 11) is 0. The number of hydrogen-bond donors (Lipinski definition) is 1. The van der Waals surface area contributed by atoms with Crippen molar-refractivity contribution in [2.24, 2.45) is 5.92 Å². The Bertz CT molecular complexity index is 695. The third-order valence-electron chi connectivity index (χ3n) is 4.81. The Balaban J connectivity index is 1.62. The van der Waals surface area contributed by atoms with Crippen LogP contribution in [0, 0.1) is 10.7 Å². The summed E-state index contributed by atoms with van der Waals surface area (Å²) in [6.07, 6.45) is 5.84. The molecule has 6 heteroatoms. The second-order valence-electron chi connectivity index (χ2n) is 6.13. The SMILES string of the molecule is CCn1cnn(C[NH+]2CCc3sccc3[C@@H]2C2CC2)c1=S. The van der Waals surface area contributed by atoms with Gasteiger partial charge in [-0.2, -0.15) is 9.78 Å². The van der Waals surface area contributed by atoms with Crippen LogP contribution in [0.4, 0.5) is 0 Å².